The second kappa shape index (κ2) is 13.4. The SMILES string of the molecule is CC(C)(C)c1cc(N(c2ccc(-c3ccccc3)cc2)c2nc(-c3cccc4oc5cc6ccccc6cc5c34)c3ccccc3n2)ccc1-c1ccccc1. The average Bonchev–Trinajstić information content (AvgIpc) is 3.61. The van der Waals surface area contributed by atoms with Crippen LogP contribution in [-0.2, 0) is 5.41 Å². The van der Waals surface area contributed by atoms with Crippen LogP contribution >= 0.6 is 0 Å². The molecule has 0 atom stereocenters. The molecule has 0 saturated carbocycles. The van der Waals surface area contributed by atoms with E-state index in [1.807, 2.05) is 6.07 Å². The highest BCUT2D eigenvalue weighted by atomic mass is 16.3. The first-order valence-corrected chi connectivity index (χ1v) is 19.2. The van der Waals surface area contributed by atoms with E-state index in [0.29, 0.717) is 5.95 Å². The van der Waals surface area contributed by atoms with Gasteiger partial charge in [-0.3, -0.25) is 4.90 Å². The zero-order valence-electron chi connectivity index (χ0n) is 31.6. The first-order valence-electron chi connectivity index (χ1n) is 19.2. The number of furan rings is 1. The molecule has 8 aromatic carbocycles. The van der Waals surface area contributed by atoms with Crippen molar-refractivity contribution >= 4 is 60.9 Å². The molecule has 0 aliphatic heterocycles. The standard InChI is InChI=1S/C52H39N3O/c1-52(2,3)45-33-40(29-30-41(45)36-17-8-5-9-18-36)55(39-27-25-35(26-28-39)34-15-6-4-7-16-34)51-53-46-23-13-12-21-42(46)50(54-51)43-22-14-24-47-49(43)44-31-37-19-10-11-20-38(37)32-48(44)56-47/h4-33H,1-3H3. The van der Waals surface area contributed by atoms with Crippen molar-refractivity contribution in [1.29, 1.82) is 0 Å². The third-order valence-corrected chi connectivity index (χ3v) is 10.8. The number of fused-ring (bicyclic) bond motifs is 5. The predicted octanol–water partition coefficient (Wildman–Crippen LogP) is 14.5. The molecule has 10 aromatic rings. The fourth-order valence-electron chi connectivity index (χ4n) is 8.05. The average molecular weight is 722 g/mol. The monoisotopic (exact) mass is 721 g/mol. The van der Waals surface area contributed by atoms with Gasteiger partial charge in [-0.15, -0.1) is 0 Å². The van der Waals surface area contributed by atoms with Crippen molar-refractivity contribution in [3.8, 4) is 33.5 Å². The summed E-state index contributed by atoms with van der Waals surface area (Å²) in [5, 5.41) is 5.41. The van der Waals surface area contributed by atoms with Crippen LogP contribution in [0.1, 0.15) is 26.3 Å². The number of hydrogen-bond donors (Lipinski definition) is 0. The van der Waals surface area contributed by atoms with Crippen LogP contribution in [0.2, 0.25) is 0 Å². The zero-order chi connectivity index (χ0) is 37.8. The molecule has 4 heteroatoms. The maximum Gasteiger partial charge on any atom is 0.235 e. The smallest absolute Gasteiger partial charge is 0.235 e. The van der Waals surface area contributed by atoms with Crippen molar-refractivity contribution in [2.75, 3.05) is 4.90 Å². The van der Waals surface area contributed by atoms with Gasteiger partial charge in [0.1, 0.15) is 11.2 Å². The molecule has 0 aliphatic rings. The molecule has 0 unspecified atom stereocenters. The summed E-state index contributed by atoms with van der Waals surface area (Å²) >= 11 is 0. The van der Waals surface area contributed by atoms with Crippen LogP contribution in [0.25, 0.3) is 77.1 Å². The highest BCUT2D eigenvalue weighted by Gasteiger charge is 2.25. The Hall–Kier alpha value is -7.04. The van der Waals surface area contributed by atoms with Crippen molar-refractivity contribution in [1.82, 2.24) is 9.97 Å². The van der Waals surface area contributed by atoms with Crippen LogP contribution in [-0.4, -0.2) is 9.97 Å². The summed E-state index contributed by atoms with van der Waals surface area (Å²) < 4.78 is 6.54. The van der Waals surface area contributed by atoms with E-state index in [4.69, 9.17) is 14.4 Å². The molecule has 2 heterocycles. The van der Waals surface area contributed by atoms with Crippen molar-refractivity contribution < 1.29 is 4.42 Å². The lowest BCUT2D eigenvalue weighted by Gasteiger charge is -2.29. The highest BCUT2D eigenvalue weighted by Crippen LogP contribution is 2.44. The van der Waals surface area contributed by atoms with Crippen molar-refractivity contribution in [3.63, 3.8) is 0 Å². The molecule has 0 radical (unpaired) electrons. The van der Waals surface area contributed by atoms with Crippen LogP contribution < -0.4 is 4.90 Å². The molecule has 0 fully saturated rings. The molecule has 10 rings (SSSR count). The maximum atomic E-state index is 6.54. The van der Waals surface area contributed by atoms with Gasteiger partial charge in [0.05, 0.1) is 11.2 Å². The fraction of sp³-hybridized carbons (Fsp3) is 0.0769. The molecule has 4 nitrogen and oxygen atoms in total. The number of benzene rings is 8. The summed E-state index contributed by atoms with van der Waals surface area (Å²) in [6, 6.07) is 64.1. The molecule has 0 spiro atoms. The van der Waals surface area contributed by atoms with Crippen LogP contribution in [0.3, 0.4) is 0 Å². The topological polar surface area (TPSA) is 42.2 Å². The summed E-state index contributed by atoms with van der Waals surface area (Å²) in [5.74, 6) is 0.591. The van der Waals surface area contributed by atoms with E-state index in [9.17, 15) is 0 Å². The first kappa shape index (κ1) is 33.5. The third kappa shape index (κ3) is 5.87. The Balaban J connectivity index is 1.22. The second-order valence-electron chi connectivity index (χ2n) is 15.5. The lowest BCUT2D eigenvalue weighted by atomic mass is 9.81. The van der Waals surface area contributed by atoms with E-state index >= 15 is 0 Å². The minimum atomic E-state index is -0.137. The molecule has 2 aromatic heterocycles. The first-order chi connectivity index (χ1) is 27.4. The minimum Gasteiger partial charge on any atom is -0.456 e. The van der Waals surface area contributed by atoms with Gasteiger partial charge in [-0.05, 0) is 92.5 Å². The molecule has 0 amide bonds. The van der Waals surface area contributed by atoms with E-state index in [1.54, 1.807) is 0 Å². The Labute approximate surface area is 326 Å². The van der Waals surface area contributed by atoms with Crippen LogP contribution in [0.4, 0.5) is 17.3 Å². The van der Waals surface area contributed by atoms with Gasteiger partial charge in [-0.25, -0.2) is 9.97 Å². The third-order valence-electron chi connectivity index (χ3n) is 10.8. The zero-order valence-corrected chi connectivity index (χ0v) is 31.6. The van der Waals surface area contributed by atoms with E-state index in [-0.39, 0.29) is 5.41 Å². The minimum absolute atomic E-state index is 0.137. The molecule has 0 bridgehead atoms. The van der Waals surface area contributed by atoms with Gasteiger partial charge in [-0.2, -0.15) is 0 Å². The summed E-state index contributed by atoms with van der Waals surface area (Å²) in [6.45, 7) is 6.84. The quantitative estimate of drug-likeness (QED) is 0.171. The molecule has 268 valence electrons. The van der Waals surface area contributed by atoms with Crippen LogP contribution in [0.5, 0.6) is 0 Å². The van der Waals surface area contributed by atoms with Gasteiger partial charge in [0, 0.05) is 33.1 Å². The Morgan fingerprint density at radius 1 is 0.464 bits per heavy atom. The Kier molecular flexibility index (Phi) is 8.00. The Morgan fingerprint density at radius 3 is 1.86 bits per heavy atom. The van der Waals surface area contributed by atoms with Crippen molar-refractivity contribution in [2.24, 2.45) is 0 Å². The Morgan fingerprint density at radius 2 is 1.11 bits per heavy atom. The molecule has 0 aliphatic carbocycles. The number of anilines is 3. The van der Waals surface area contributed by atoms with Gasteiger partial charge in [0.15, 0.2) is 0 Å². The molecule has 56 heavy (non-hydrogen) atoms. The summed E-state index contributed by atoms with van der Waals surface area (Å²) in [6.07, 6.45) is 0. The largest absolute Gasteiger partial charge is 0.456 e. The summed E-state index contributed by atoms with van der Waals surface area (Å²) in [4.78, 5) is 13.1. The Bertz CT molecular complexity index is 3050. The van der Waals surface area contributed by atoms with E-state index in [1.165, 1.54) is 27.6 Å². The predicted molar refractivity (Wildman–Crippen MR) is 234 cm³/mol. The number of rotatable bonds is 6. The van der Waals surface area contributed by atoms with Gasteiger partial charge in [0.2, 0.25) is 5.95 Å². The van der Waals surface area contributed by atoms with Crippen LogP contribution in [0, 0.1) is 0 Å². The maximum absolute atomic E-state index is 6.54. The van der Waals surface area contributed by atoms with Gasteiger partial charge in [-0.1, -0.05) is 154 Å². The number of aromatic nitrogens is 2. The van der Waals surface area contributed by atoms with Crippen molar-refractivity contribution in [3.05, 3.63) is 188 Å². The fourth-order valence-corrected chi connectivity index (χ4v) is 8.05. The molecule has 0 saturated heterocycles. The summed E-state index contributed by atoms with van der Waals surface area (Å²) in [7, 11) is 0. The van der Waals surface area contributed by atoms with E-state index < -0.39 is 0 Å². The van der Waals surface area contributed by atoms with Gasteiger partial charge >= 0.3 is 0 Å². The number of nitrogens with zero attached hydrogens (tertiary/aromatic N) is 3. The lowest BCUT2D eigenvalue weighted by Crippen LogP contribution is -2.17. The van der Waals surface area contributed by atoms with Gasteiger partial charge in [0.25, 0.3) is 0 Å². The molecule has 0 N–H and O–H groups in total. The van der Waals surface area contributed by atoms with Gasteiger partial charge < -0.3 is 4.42 Å². The normalized spacial score (nSPS) is 11.8. The highest BCUT2D eigenvalue weighted by molar-refractivity contribution is 6.17. The van der Waals surface area contributed by atoms with E-state index in [0.717, 1.165) is 66.4 Å². The van der Waals surface area contributed by atoms with Crippen molar-refractivity contribution in [2.45, 2.75) is 26.2 Å². The van der Waals surface area contributed by atoms with Crippen LogP contribution in [0.15, 0.2) is 186 Å². The molecular weight excluding hydrogens is 683 g/mol. The summed E-state index contributed by atoms with van der Waals surface area (Å²) in [5.41, 5.74) is 12.2. The lowest BCUT2D eigenvalue weighted by molar-refractivity contribution is 0.592. The molecular formula is C52H39N3O. The van der Waals surface area contributed by atoms with E-state index in [2.05, 4.69) is 202 Å². The number of hydrogen-bond acceptors (Lipinski definition) is 4. The number of para-hydroxylation sites is 1. The second-order valence-corrected chi connectivity index (χ2v) is 15.5.